The molecule has 21 heavy (non-hydrogen) atoms. The molecule has 110 valence electrons. The minimum absolute atomic E-state index is 0.372. The number of fused-ring (bicyclic) bond motifs is 3. The highest BCUT2D eigenvalue weighted by Gasteiger charge is 2.51. The standard InChI is InChI=1S/C18H22O2Si/c1-13(2)21(14(3)4)19-17-11-7-5-9-15(17)16-10-6-8-12-18(16)20-21/h5-14H,1-4H3. The van der Waals surface area contributed by atoms with Gasteiger partial charge in [-0.05, 0) is 12.1 Å². The van der Waals surface area contributed by atoms with Crippen LogP contribution >= 0.6 is 0 Å². The molecule has 3 rings (SSSR count). The van der Waals surface area contributed by atoms with E-state index < -0.39 is 8.56 Å². The lowest BCUT2D eigenvalue weighted by Crippen LogP contribution is -2.53. The van der Waals surface area contributed by atoms with Gasteiger partial charge in [-0.25, -0.2) is 0 Å². The summed E-state index contributed by atoms with van der Waals surface area (Å²) in [6.07, 6.45) is 0. The molecule has 1 aliphatic rings. The van der Waals surface area contributed by atoms with Crippen LogP contribution in [0, 0.1) is 0 Å². The Morgan fingerprint density at radius 1 is 0.667 bits per heavy atom. The van der Waals surface area contributed by atoms with Crippen LogP contribution < -0.4 is 8.85 Å². The zero-order valence-electron chi connectivity index (χ0n) is 13.1. The van der Waals surface area contributed by atoms with E-state index >= 15 is 0 Å². The van der Waals surface area contributed by atoms with Gasteiger partial charge >= 0.3 is 8.56 Å². The summed E-state index contributed by atoms with van der Waals surface area (Å²) in [4.78, 5) is 0. The Labute approximate surface area is 128 Å². The van der Waals surface area contributed by atoms with E-state index in [2.05, 4.69) is 64.1 Å². The number of para-hydroxylation sites is 2. The molecule has 1 heterocycles. The van der Waals surface area contributed by atoms with Crippen molar-refractivity contribution in [3.05, 3.63) is 48.5 Å². The molecule has 0 unspecified atom stereocenters. The Morgan fingerprint density at radius 2 is 1.05 bits per heavy atom. The molecule has 3 heteroatoms. The molecule has 0 radical (unpaired) electrons. The van der Waals surface area contributed by atoms with Gasteiger partial charge in [-0.1, -0.05) is 64.1 Å². The van der Waals surface area contributed by atoms with Crippen molar-refractivity contribution < 1.29 is 8.85 Å². The molecule has 2 aromatic carbocycles. The molecule has 0 bridgehead atoms. The number of hydrogen-bond donors (Lipinski definition) is 0. The molecule has 0 aromatic heterocycles. The monoisotopic (exact) mass is 298 g/mol. The van der Waals surface area contributed by atoms with Crippen LogP contribution in [-0.2, 0) is 0 Å². The quantitative estimate of drug-likeness (QED) is 0.692. The van der Waals surface area contributed by atoms with Gasteiger partial charge in [0.1, 0.15) is 11.5 Å². The first-order valence-corrected chi connectivity index (χ1v) is 9.58. The van der Waals surface area contributed by atoms with Crippen LogP contribution in [0.4, 0.5) is 0 Å². The Morgan fingerprint density at radius 3 is 1.43 bits per heavy atom. The van der Waals surface area contributed by atoms with E-state index in [0.29, 0.717) is 11.1 Å². The van der Waals surface area contributed by atoms with Crippen molar-refractivity contribution >= 4 is 8.56 Å². The third kappa shape index (κ3) is 2.26. The van der Waals surface area contributed by atoms with E-state index in [4.69, 9.17) is 8.85 Å². The van der Waals surface area contributed by atoms with Crippen molar-refractivity contribution in [1.82, 2.24) is 0 Å². The van der Waals surface area contributed by atoms with Crippen molar-refractivity contribution in [3.8, 4) is 22.6 Å². The lowest BCUT2D eigenvalue weighted by molar-refractivity contribution is 0.357. The molecule has 0 saturated carbocycles. The fourth-order valence-corrected chi connectivity index (χ4v) is 6.42. The first kappa shape index (κ1) is 14.2. The summed E-state index contributed by atoms with van der Waals surface area (Å²) in [7, 11) is -2.39. The topological polar surface area (TPSA) is 18.5 Å². The van der Waals surface area contributed by atoms with E-state index in [1.807, 2.05) is 12.1 Å². The van der Waals surface area contributed by atoms with Gasteiger partial charge in [0, 0.05) is 22.2 Å². The third-order valence-corrected chi connectivity index (χ3v) is 8.51. The van der Waals surface area contributed by atoms with E-state index in [-0.39, 0.29) is 0 Å². The van der Waals surface area contributed by atoms with Crippen molar-refractivity contribution in [3.63, 3.8) is 0 Å². The lowest BCUT2D eigenvalue weighted by atomic mass is 10.0. The summed E-state index contributed by atoms with van der Waals surface area (Å²) in [5.74, 6) is 1.91. The minimum Gasteiger partial charge on any atom is -0.511 e. The van der Waals surface area contributed by atoms with Crippen molar-refractivity contribution in [2.24, 2.45) is 0 Å². The second-order valence-corrected chi connectivity index (χ2v) is 10.4. The zero-order valence-corrected chi connectivity index (χ0v) is 14.1. The number of rotatable bonds is 2. The van der Waals surface area contributed by atoms with Gasteiger partial charge in [-0.15, -0.1) is 0 Å². The van der Waals surface area contributed by atoms with E-state index in [1.165, 1.54) is 0 Å². The summed E-state index contributed by atoms with van der Waals surface area (Å²) in [6.45, 7) is 8.84. The first-order chi connectivity index (χ1) is 10.0. The maximum absolute atomic E-state index is 6.57. The van der Waals surface area contributed by atoms with Gasteiger partial charge in [-0.2, -0.15) is 0 Å². The predicted octanol–water partition coefficient (Wildman–Crippen LogP) is 5.39. The summed E-state index contributed by atoms with van der Waals surface area (Å²) in [5.41, 5.74) is 3.00. The Bertz CT molecular complexity index is 592. The zero-order chi connectivity index (χ0) is 15.0. The van der Waals surface area contributed by atoms with Crippen LogP contribution in [-0.4, -0.2) is 8.56 Å². The highest BCUT2D eigenvalue weighted by molar-refractivity contribution is 6.71. The molecular weight excluding hydrogens is 276 g/mol. The van der Waals surface area contributed by atoms with Crippen molar-refractivity contribution in [2.45, 2.75) is 38.8 Å². The predicted molar refractivity (Wildman–Crippen MR) is 89.1 cm³/mol. The van der Waals surface area contributed by atoms with Gasteiger partial charge in [0.25, 0.3) is 0 Å². The maximum atomic E-state index is 6.57. The summed E-state index contributed by atoms with van der Waals surface area (Å²) in [6, 6.07) is 16.5. The third-order valence-electron chi connectivity index (χ3n) is 4.21. The SMILES string of the molecule is CC(C)[Si]1(C(C)C)Oc2ccccc2-c2ccccc2O1. The fourth-order valence-electron chi connectivity index (χ4n) is 3.06. The van der Waals surface area contributed by atoms with Crippen molar-refractivity contribution in [1.29, 1.82) is 0 Å². The molecule has 0 aliphatic carbocycles. The van der Waals surface area contributed by atoms with Gasteiger partial charge in [0.05, 0.1) is 0 Å². The normalized spacial score (nSPS) is 15.7. The Kier molecular flexibility index (Phi) is 3.53. The second-order valence-electron chi connectivity index (χ2n) is 6.23. The second kappa shape index (κ2) is 5.23. The molecule has 0 N–H and O–H groups in total. The highest BCUT2D eigenvalue weighted by atomic mass is 28.4. The van der Waals surface area contributed by atoms with Crippen LogP contribution in [0.2, 0.25) is 11.1 Å². The maximum Gasteiger partial charge on any atom is 0.465 e. The molecule has 0 fully saturated rings. The van der Waals surface area contributed by atoms with Crippen LogP contribution in [0.1, 0.15) is 27.7 Å². The largest absolute Gasteiger partial charge is 0.511 e. The lowest BCUT2D eigenvalue weighted by Gasteiger charge is -2.36. The summed E-state index contributed by atoms with van der Waals surface area (Å²) in [5, 5.41) is 0. The van der Waals surface area contributed by atoms with Crippen LogP contribution in [0.3, 0.4) is 0 Å². The molecule has 2 nitrogen and oxygen atoms in total. The van der Waals surface area contributed by atoms with E-state index in [0.717, 1.165) is 22.6 Å². The van der Waals surface area contributed by atoms with Crippen molar-refractivity contribution in [2.75, 3.05) is 0 Å². The minimum atomic E-state index is -2.39. The average molecular weight is 298 g/mol. The Balaban J connectivity index is 2.26. The number of hydrogen-bond acceptors (Lipinski definition) is 2. The summed E-state index contributed by atoms with van der Waals surface area (Å²) >= 11 is 0. The van der Waals surface area contributed by atoms with Gasteiger partial charge in [0.15, 0.2) is 0 Å². The van der Waals surface area contributed by atoms with Gasteiger partial charge in [0.2, 0.25) is 0 Å². The molecule has 2 aromatic rings. The van der Waals surface area contributed by atoms with Gasteiger partial charge < -0.3 is 8.85 Å². The molecule has 0 saturated heterocycles. The molecular formula is C18H22O2Si. The molecule has 0 amide bonds. The van der Waals surface area contributed by atoms with Crippen LogP contribution in [0.25, 0.3) is 11.1 Å². The van der Waals surface area contributed by atoms with E-state index in [9.17, 15) is 0 Å². The highest BCUT2D eigenvalue weighted by Crippen LogP contribution is 2.46. The van der Waals surface area contributed by atoms with Gasteiger partial charge in [-0.3, -0.25) is 0 Å². The van der Waals surface area contributed by atoms with Crippen LogP contribution in [0.15, 0.2) is 48.5 Å². The Hall–Kier alpha value is -1.74. The van der Waals surface area contributed by atoms with Crippen LogP contribution in [0.5, 0.6) is 11.5 Å². The van der Waals surface area contributed by atoms with E-state index in [1.54, 1.807) is 0 Å². The fraction of sp³-hybridized carbons (Fsp3) is 0.333. The summed E-state index contributed by atoms with van der Waals surface area (Å²) < 4.78 is 13.1. The molecule has 0 atom stereocenters. The average Bonchev–Trinajstić information content (AvgIpc) is 2.62. The first-order valence-electron chi connectivity index (χ1n) is 7.61. The number of benzene rings is 2. The molecule has 1 aliphatic heterocycles. The smallest absolute Gasteiger partial charge is 0.465 e. The molecule has 0 spiro atoms.